The highest BCUT2D eigenvalue weighted by Gasteiger charge is 2.15. The molecule has 1 aromatic heterocycles. The molecule has 0 saturated carbocycles. The van der Waals surface area contributed by atoms with Gasteiger partial charge < -0.3 is 10.7 Å². The summed E-state index contributed by atoms with van der Waals surface area (Å²) in [4.78, 5) is 8.90. The fraction of sp³-hybridized carbons (Fsp3) is 0.667. The maximum Gasteiger partial charge on any atom is 0.145 e. The summed E-state index contributed by atoms with van der Waals surface area (Å²) in [6, 6.07) is 2.37. The molecular weight excluding hydrogens is 246 g/mol. The number of hydrazine groups is 1. The molecular formula is C12H21N5S. The Kier molecular flexibility index (Phi) is 4.66. The minimum atomic E-state index is 0.291. The van der Waals surface area contributed by atoms with E-state index in [2.05, 4.69) is 34.6 Å². The molecule has 2 heterocycles. The van der Waals surface area contributed by atoms with Crippen molar-refractivity contribution in [2.75, 3.05) is 22.2 Å². The molecule has 0 radical (unpaired) electrons. The molecule has 6 heteroatoms. The molecule has 1 atom stereocenters. The Bertz CT molecular complexity index is 390. The van der Waals surface area contributed by atoms with Gasteiger partial charge in [-0.1, -0.05) is 13.8 Å². The van der Waals surface area contributed by atoms with Crippen LogP contribution in [-0.4, -0.2) is 27.5 Å². The minimum Gasteiger partial charge on any atom is -0.366 e. The molecule has 100 valence electrons. The topological polar surface area (TPSA) is 75.9 Å². The van der Waals surface area contributed by atoms with Crippen LogP contribution < -0.4 is 16.6 Å². The molecule has 0 amide bonds. The zero-order chi connectivity index (χ0) is 13.0. The molecule has 1 saturated heterocycles. The first-order valence-corrected chi connectivity index (χ1v) is 7.54. The molecule has 0 aromatic carbocycles. The number of nitrogen functional groups attached to an aromatic ring is 1. The Labute approximate surface area is 112 Å². The summed E-state index contributed by atoms with van der Waals surface area (Å²) >= 11 is 2.00. The second-order valence-electron chi connectivity index (χ2n) is 4.85. The standard InChI is InChI=1S/C12H21N5S/c1-8(2)12-15-10(6-11(16-12)17-13)14-9-4-3-5-18-7-9/h6,8-9H,3-5,7,13H2,1-2H3,(H2,14,15,16,17). The van der Waals surface area contributed by atoms with Crippen LogP contribution in [0.5, 0.6) is 0 Å². The van der Waals surface area contributed by atoms with E-state index in [1.807, 2.05) is 17.8 Å². The summed E-state index contributed by atoms with van der Waals surface area (Å²) in [7, 11) is 0. The van der Waals surface area contributed by atoms with Gasteiger partial charge in [-0.25, -0.2) is 15.8 Å². The van der Waals surface area contributed by atoms with Gasteiger partial charge in [0.15, 0.2) is 0 Å². The number of nitrogens with zero attached hydrogens (tertiary/aromatic N) is 2. The Morgan fingerprint density at radius 3 is 2.78 bits per heavy atom. The Morgan fingerprint density at radius 1 is 1.39 bits per heavy atom. The number of thioether (sulfide) groups is 1. The van der Waals surface area contributed by atoms with Gasteiger partial charge >= 0.3 is 0 Å². The third-order valence-corrected chi connectivity index (χ3v) is 4.14. The summed E-state index contributed by atoms with van der Waals surface area (Å²) in [6.07, 6.45) is 2.48. The fourth-order valence-electron chi connectivity index (χ4n) is 1.94. The van der Waals surface area contributed by atoms with Gasteiger partial charge in [0.1, 0.15) is 17.5 Å². The molecule has 2 rings (SSSR count). The summed E-state index contributed by atoms with van der Waals surface area (Å²) in [5, 5.41) is 3.48. The summed E-state index contributed by atoms with van der Waals surface area (Å²) < 4.78 is 0. The van der Waals surface area contributed by atoms with Crippen LogP contribution in [0, 0.1) is 0 Å². The first-order valence-electron chi connectivity index (χ1n) is 6.39. The van der Waals surface area contributed by atoms with E-state index in [0.717, 1.165) is 17.4 Å². The van der Waals surface area contributed by atoms with Gasteiger partial charge in [0, 0.05) is 23.8 Å². The van der Waals surface area contributed by atoms with Crippen molar-refractivity contribution in [3.63, 3.8) is 0 Å². The van der Waals surface area contributed by atoms with Crippen LogP contribution in [0.3, 0.4) is 0 Å². The van der Waals surface area contributed by atoms with Crippen LogP contribution >= 0.6 is 11.8 Å². The molecule has 1 fully saturated rings. The average molecular weight is 267 g/mol. The predicted octanol–water partition coefficient (Wildman–Crippen LogP) is 2.19. The number of hydrogen-bond donors (Lipinski definition) is 3. The lowest BCUT2D eigenvalue weighted by molar-refractivity contribution is 0.679. The van der Waals surface area contributed by atoms with Crippen molar-refractivity contribution in [1.29, 1.82) is 0 Å². The highest BCUT2D eigenvalue weighted by molar-refractivity contribution is 7.99. The van der Waals surface area contributed by atoms with E-state index >= 15 is 0 Å². The molecule has 1 aliphatic heterocycles. The van der Waals surface area contributed by atoms with Crippen LogP contribution in [0.15, 0.2) is 6.07 Å². The first-order chi connectivity index (χ1) is 8.69. The number of anilines is 2. The number of aromatic nitrogens is 2. The zero-order valence-electron chi connectivity index (χ0n) is 10.9. The quantitative estimate of drug-likeness (QED) is 0.573. The third kappa shape index (κ3) is 3.49. The van der Waals surface area contributed by atoms with Crippen molar-refractivity contribution in [3.8, 4) is 0 Å². The zero-order valence-corrected chi connectivity index (χ0v) is 11.8. The molecule has 5 nitrogen and oxygen atoms in total. The van der Waals surface area contributed by atoms with E-state index in [0.29, 0.717) is 17.8 Å². The summed E-state index contributed by atoms with van der Waals surface area (Å²) in [5.41, 5.74) is 2.60. The lowest BCUT2D eigenvalue weighted by Gasteiger charge is -2.23. The van der Waals surface area contributed by atoms with Crippen LogP contribution in [0.2, 0.25) is 0 Å². The van der Waals surface area contributed by atoms with Gasteiger partial charge in [0.2, 0.25) is 0 Å². The van der Waals surface area contributed by atoms with Crippen molar-refractivity contribution in [2.24, 2.45) is 5.84 Å². The lowest BCUT2D eigenvalue weighted by atomic mass is 10.2. The van der Waals surface area contributed by atoms with Gasteiger partial charge in [-0.15, -0.1) is 0 Å². The van der Waals surface area contributed by atoms with Crippen molar-refractivity contribution < 1.29 is 0 Å². The van der Waals surface area contributed by atoms with Crippen LogP contribution in [0.4, 0.5) is 11.6 Å². The van der Waals surface area contributed by atoms with Crippen molar-refractivity contribution in [3.05, 3.63) is 11.9 Å². The average Bonchev–Trinajstić information content (AvgIpc) is 2.39. The van der Waals surface area contributed by atoms with E-state index in [9.17, 15) is 0 Å². The van der Waals surface area contributed by atoms with Gasteiger partial charge in [0.25, 0.3) is 0 Å². The monoisotopic (exact) mass is 267 g/mol. The Hall–Kier alpha value is -1.01. The Morgan fingerprint density at radius 2 is 2.17 bits per heavy atom. The predicted molar refractivity (Wildman–Crippen MR) is 77.9 cm³/mol. The molecule has 4 N–H and O–H groups in total. The normalized spacial score (nSPS) is 19.9. The maximum absolute atomic E-state index is 5.45. The molecule has 18 heavy (non-hydrogen) atoms. The molecule has 0 bridgehead atoms. The van der Waals surface area contributed by atoms with Crippen molar-refractivity contribution in [1.82, 2.24) is 9.97 Å². The highest BCUT2D eigenvalue weighted by atomic mass is 32.2. The first kappa shape index (κ1) is 13.4. The SMILES string of the molecule is CC(C)c1nc(NN)cc(NC2CCCSC2)n1. The number of hydrogen-bond acceptors (Lipinski definition) is 6. The van der Waals surface area contributed by atoms with Crippen LogP contribution in [0.25, 0.3) is 0 Å². The molecule has 1 aromatic rings. The second kappa shape index (κ2) is 6.24. The number of rotatable bonds is 4. The maximum atomic E-state index is 5.45. The van der Waals surface area contributed by atoms with Gasteiger partial charge in [-0.3, -0.25) is 0 Å². The highest BCUT2D eigenvalue weighted by Crippen LogP contribution is 2.22. The third-order valence-electron chi connectivity index (χ3n) is 2.92. The van der Waals surface area contributed by atoms with Gasteiger partial charge in [-0.05, 0) is 18.6 Å². The smallest absolute Gasteiger partial charge is 0.145 e. The van der Waals surface area contributed by atoms with Crippen molar-refractivity contribution >= 4 is 23.4 Å². The largest absolute Gasteiger partial charge is 0.366 e. The number of nitrogens with two attached hydrogens (primary N) is 1. The molecule has 1 aliphatic rings. The van der Waals surface area contributed by atoms with Crippen molar-refractivity contribution in [2.45, 2.75) is 38.6 Å². The van der Waals surface area contributed by atoms with E-state index in [1.165, 1.54) is 18.6 Å². The van der Waals surface area contributed by atoms with E-state index in [-0.39, 0.29) is 0 Å². The fourth-order valence-corrected chi connectivity index (χ4v) is 3.01. The number of nitrogens with one attached hydrogen (secondary N) is 2. The van der Waals surface area contributed by atoms with E-state index < -0.39 is 0 Å². The Balaban J connectivity index is 2.12. The van der Waals surface area contributed by atoms with Gasteiger partial charge in [-0.2, -0.15) is 11.8 Å². The second-order valence-corrected chi connectivity index (χ2v) is 6.00. The molecule has 1 unspecified atom stereocenters. The summed E-state index contributed by atoms with van der Waals surface area (Å²) in [5.74, 6) is 10.5. The minimum absolute atomic E-state index is 0.291. The molecule has 0 aliphatic carbocycles. The summed E-state index contributed by atoms with van der Waals surface area (Å²) in [6.45, 7) is 4.16. The van der Waals surface area contributed by atoms with Crippen LogP contribution in [0.1, 0.15) is 38.4 Å². The molecule has 0 spiro atoms. The van der Waals surface area contributed by atoms with Crippen LogP contribution in [-0.2, 0) is 0 Å². The van der Waals surface area contributed by atoms with Gasteiger partial charge in [0.05, 0.1) is 0 Å². The lowest BCUT2D eigenvalue weighted by Crippen LogP contribution is -2.26. The van der Waals surface area contributed by atoms with E-state index in [1.54, 1.807) is 0 Å². The van der Waals surface area contributed by atoms with E-state index in [4.69, 9.17) is 5.84 Å².